The van der Waals surface area contributed by atoms with Gasteiger partial charge in [-0.1, -0.05) is 47.0 Å². The first-order valence-electron chi connectivity index (χ1n) is 7.29. The second-order valence-corrected chi connectivity index (χ2v) is 5.53. The minimum absolute atomic E-state index is 1.02. The van der Waals surface area contributed by atoms with Gasteiger partial charge in [0.25, 0.3) is 0 Å². The first kappa shape index (κ1) is 13.1. The maximum atomic E-state index is 2.45. The molecule has 0 radical (unpaired) electrons. The molecule has 15 heavy (non-hydrogen) atoms. The van der Waals surface area contributed by atoms with Crippen LogP contribution in [0.15, 0.2) is 0 Å². The van der Waals surface area contributed by atoms with E-state index in [9.17, 15) is 0 Å². The van der Waals surface area contributed by atoms with Crippen LogP contribution in [0.2, 0.25) is 0 Å². The maximum absolute atomic E-state index is 2.45. The number of hydrogen-bond acceptors (Lipinski definition) is 0. The van der Waals surface area contributed by atoms with E-state index < -0.39 is 0 Å². The zero-order valence-electron chi connectivity index (χ0n) is 11.3. The molecule has 2 aliphatic rings. The van der Waals surface area contributed by atoms with Gasteiger partial charge >= 0.3 is 0 Å². The summed E-state index contributed by atoms with van der Waals surface area (Å²) in [5.41, 5.74) is 0. The van der Waals surface area contributed by atoms with Crippen LogP contribution in [0.5, 0.6) is 0 Å². The molecule has 0 nitrogen and oxygen atoms in total. The van der Waals surface area contributed by atoms with E-state index in [-0.39, 0.29) is 0 Å². The molecular formula is C15H30. The standard InChI is InChI=1S/C13H24.C2H6/c1-3-11-5-7-12-6-4-10(2)8-13(12)9-11;1-2/h10-13H,3-9H2,1-2H3;1-2H3. The van der Waals surface area contributed by atoms with Gasteiger partial charge in [-0.3, -0.25) is 0 Å². The molecule has 0 saturated heterocycles. The van der Waals surface area contributed by atoms with Crippen LogP contribution < -0.4 is 0 Å². The lowest BCUT2D eigenvalue weighted by atomic mass is 9.65. The second-order valence-electron chi connectivity index (χ2n) is 5.53. The summed E-state index contributed by atoms with van der Waals surface area (Å²) < 4.78 is 0. The average molecular weight is 210 g/mol. The van der Waals surface area contributed by atoms with E-state index in [1.54, 1.807) is 25.7 Å². The minimum atomic E-state index is 1.02. The fourth-order valence-corrected chi connectivity index (χ4v) is 3.60. The van der Waals surface area contributed by atoms with E-state index in [0.717, 1.165) is 23.7 Å². The predicted octanol–water partition coefficient (Wildman–Crippen LogP) is 5.28. The van der Waals surface area contributed by atoms with E-state index in [4.69, 9.17) is 0 Å². The molecule has 0 heterocycles. The van der Waals surface area contributed by atoms with Crippen LogP contribution in [0, 0.1) is 23.7 Å². The van der Waals surface area contributed by atoms with Gasteiger partial charge in [0.15, 0.2) is 0 Å². The molecule has 0 bridgehead atoms. The van der Waals surface area contributed by atoms with Gasteiger partial charge in [0, 0.05) is 0 Å². The molecule has 2 fully saturated rings. The predicted molar refractivity (Wildman–Crippen MR) is 69.0 cm³/mol. The van der Waals surface area contributed by atoms with Gasteiger partial charge in [-0.2, -0.15) is 0 Å². The lowest BCUT2D eigenvalue weighted by Crippen LogP contribution is -2.30. The monoisotopic (exact) mass is 210 g/mol. The Labute approximate surface area is 96.8 Å². The Bertz CT molecular complexity index is 161. The summed E-state index contributed by atoms with van der Waals surface area (Å²) >= 11 is 0. The van der Waals surface area contributed by atoms with Crippen molar-refractivity contribution in [2.24, 2.45) is 23.7 Å². The van der Waals surface area contributed by atoms with Gasteiger partial charge < -0.3 is 0 Å². The van der Waals surface area contributed by atoms with E-state index >= 15 is 0 Å². The molecular weight excluding hydrogens is 180 g/mol. The van der Waals surface area contributed by atoms with E-state index in [1.165, 1.54) is 19.3 Å². The van der Waals surface area contributed by atoms with Gasteiger partial charge in [-0.05, 0) is 49.4 Å². The van der Waals surface area contributed by atoms with Crippen molar-refractivity contribution in [3.8, 4) is 0 Å². The van der Waals surface area contributed by atoms with Crippen molar-refractivity contribution in [3.05, 3.63) is 0 Å². The highest BCUT2D eigenvalue weighted by Gasteiger charge is 2.33. The summed E-state index contributed by atoms with van der Waals surface area (Å²) in [6, 6.07) is 0. The molecule has 0 heteroatoms. The summed E-state index contributed by atoms with van der Waals surface area (Å²) in [5, 5.41) is 0. The molecule has 90 valence electrons. The summed E-state index contributed by atoms with van der Waals surface area (Å²) in [5.74, 6) is 4.34. The normalized spacial score (nSPS) is 40.0. The summed E-state index contributed by atoms with van der Waals surface area (Å²) in [4.78, 5) is 0. The summed E-state index contributed by atoms with van der Waals surface area (Å²) in [7, 11) is 0. The van der Waals surface area contributed by atoms with E-state index in [2.05, 4.69) is 13.8 Å². The van der Waals surface area contributed by atoms with Crippen LogP contribution in [0.25, 0.3) is 0 Å². The van der Waals surface area contributed by atoms with E-state index in [0.29, 0.717) is 0 Å². The van der Waals surface area contributed by atoms with Gasteiger partial charge in [-0.25, -0.2) is 0 Å². The fourth-order valence-electron chi connectivity index (χ4n) is 3.60. The van der Waals surface area contributed by atoms with Gasteiger partial charge in [0.2, 0.25) is 0 Å². The van der Waals surface area contributed by atoms with Gasteiger partial charge in [0.05, 0.1) is 0 Å². The van der Waals surface area contributed by atoms with Crippen molar-refractivity contribution in [2.75, 3.05) is 0 Å². The van der Waals surface area contributed by atoms with Crippen LogP contribution >= 0.6 is 0 Å². The molecule has 0 aliphatic heterocycles. The molecule has 0 spiro atoms. The Hall–Kier alpha value is 0. The molecule has 4 unspecified atom stereocenters. The number of rotatable bonds is 1. The first-order chi connectivity index (χ1) is 7.29. The smallest absolute Gasteiger partial charge is 0.0381 e. The Morgan fingerprint density at radius 1 is 0.867 bits per heavy atom. The zero-order valence-corrected chi connectivity index (χ0v) is 11.3. The molecule has 4 atom stereocenters. The SMILES string of the molecule is CC.CCC1CCC2CCC(C)CC2C1. The Morgan fingerprint density at radius 3 is 2.20 bits per heavy atom. The Balaban J connectivity index is 0.000000531. The van der Waals surface area contributed by atoms with Crippen molar-refractivity contribution >= 4 is 0 Å². The molecule has 2 saturated carbocycles. The van der Waals surface area contributed by atoms with Crippen molar-refractivity contribution in [1.29, 1.82) is 0 Å². The molecule has 0 aromatic heterocycles. The maximum Gasteiger partial charge on any atom is -0.0381 e. The Kier molecular flexibility index (Phi) is 5.71. The largest absolute Gasteiger partial charge is 0.0683 e. The lowest BCUT2D eigenvalue weighted by Gasteiger charge is -2.41. The van der Waals surface area contributed by atoms with Crippen LogP contribution in [0.3, 0.4) is 0 Å². The molecule has 0 N–H and O–H groups in total. The third-order valence-electron chi connectivity index (χ3n) is 4.56. The highest BCUT2D eigenvalue weighted by atomic mass is 14.4. The molecule has 2 aliphatic carbocycles. The topological polar surface area (TPSA) is 0 Å². The molecule has 2 rings (SSSR count). The zero-order chi connectivity index (χ0) is 11.3. The average Bonchev–Trinajstić information content (AvgIpc) is 2.30. The highest BCUT2D eigenvalue weighted by molar-refractivity contribution is 4.84. The molecule has 0 aromatic carbocycles. The Morgan fingerprint density at radius 2 is 1.53 bits per heavy atom. The molecule has 0 aromatic rings. The van der Waals surface area contributed by atoms with Crippen molar-refractivity contribution in [1.82, 2.24) is 0 Å². The summed E-state index contributed by atoms with van der Waals surface area (Å²) in [6.07, 6.45) is 10.7. The van der Waals surface area contributed by atoms with Crippen LogP contribution in [0.4, 0.5) is 0 Å². The van der Waals surface area contributed by atoms with Crippen LogP contribution in [-0.2, 0) is 0 Å². The van der Waals surface area contributed by atoms with Crippen molar-refractivity contribution in [2.45, 2.75) is 72.6 Å². The summed E-state index contributed by atoms with van der Waals surface area (Å²) in [6.45, 7) is 8.82. The lowest BCUT2D eigenvalue weighted by molar-refractivity contribution is 0.102. The van der Waals surface area contributed by atoms with Crippen molar-refractivity contribution in [3.63, 3.8) is 0 Å². The fraction of sp³-hybridized carbons (Fsp3) is 1.00. The molecule has 0 amide bonds. The van der Waals surface area contributed by atoms with Crippen LogP contribution in [-0.4, -0.2) is 0 Å². The highest BCUT2D eigenvalue weighted by Crippen LogP contribution is 2.45. The number of fused-ring (bicyclic) bond motifs is 1. The third kappa shape index (κ3) is 3.50. The van der Waals surface area contributed by atoms with Gasteiger partial charge in [-0.15, -0.1) is 0 Å². The first-order valence-corrected chi connectivity index (χ1v) is 7.29. The minimum Gasteiger partial charge on any atom is -0.0683 e. The van der Waals surface area contributed by atoms with E-state index in [1.807, 2.05) is 13.8 Å². The van der Waals surface area contributed by atoms with Crippen LogP contribution in [0.1, 0.15) is 72.6 Å². The third-order valence-corrected chi connectivity index (χ3v) is 4.56. The quantitative estimate of drug-likeness (QED) is 0.552. The van der Waals surface area contributed by atoms with Gasteiger partial charge in [0.1, 0.15) is 0 Å². The van der Waals surface area contributed by atoms with Crippen molar-refractivity contribution < 1.29 is 0 Å². The second kappa shape index (κ2) is 6.55. The number of hydrogen-bond donors (Lipinski definition) is 0.